The lowest BCUT2D eigenvalue weighted by atomic mass is 9.78. The number of H-pyrrole nitrogens is 1. The van der Waals surface area contributed by atoms with Gasteiger partial charge in [-0.15, -0.1) is 5.10 Å². The van der Waals surface area contributed by atoms with Crippen molar-refractivity contribution in [1.82, 2.24) is 24.8 Å². The summed E-state index contributed by atoms with van der Waals surface area (Å²) < 4.78 is 1.85. The Labute approximate surface area is 158 Å². The number of nitrogens with one attached hydrogen (secondary N) is 2. The van der Waals surface area contributed by atoms with Gasteiger partial charge in [0.1, 0.15) is 5.52 Å². The molecule has 0 unspecified atom stereocenters. The summed E-state index contributed by atoms with van der Waals surface area (Å²) in [5, 5.41) is 15.2. The fourth-order valence-electron chi connectivity index (χ4n) is 4.50. The third-order valence-corrected chi connectivity index (χ3v) is 6.27. The minimum Gasteiger partial charge on any atom is -0.382 e. The lowest BCUT2D eigenvalue weighted by Crippen LogP contribution is -2.14. The molecule has 5 rings (SSSR count). The van der Waals surface area contributed by atoms with E-state index >= 15 is 0 Å². The fraction of sp³-hybridized carbons (Fsp3) is 0.550. The maximum atomic E-state index is 6.35. The van der Waals surface area contributed by atoms with Crippen LogP contribution in [-0.4, -0.2) is 24.8 Å². The molecule has 1 atom stereocenters. The van der Waals surface area contributed by atoms with E-state index in [2.05, 4.69) is 38.6 Å². The zero-order valence-electron chi connectivity index (χ0n) is 15.8. The van der Waals surface area contributed by atoms with Gasteiger partial charge in [-0.1, -0.05) is 26.2 Å². The molecule has 2 aliphatic carbocycles. The van der Waals surface area contributed by atoms with E-state index in [1.165, 1.54) is 56.2 Å². The van der Waals surface area contributed by atoms with E-state index < -0.39 is 0 Å². The highest BCUT2D eigenvalue weighted by molar-refractivity contribution is 5.72. The van der Waals surface area contributed by atoms with Gasteiger partial charge in [0.15, 0.2) is 11.6 Å². The molecule has 7 nitrogen and oxygen atoms in total. The normalized spacial score (nSPS) is 19.4. The van der Waals surface area contributed by atoms with Crippen LogP contribution in [0.4, 0.5) is 17.6 Å². The SMILES string of the molecule is C[C@H](c1ccn2nc(Nc3cc(C4CC4)[nH]n3)nc(N)c12)C1CCCCC1. The Morgan fingerprint density at radius 1 is 1.22 bits per heavy atom. The van der Waals surface area contributed by atoms with E-state index in [-0.39, 0.29) is 0 Å². The van der Waals surface area contributed by atoms with Gasteiger partial charge in [-0.2, -0.15) is 10.1 Å². The molecule has 0 saturated heterocycles. The standard InChI is InChI=1S/C20H27N7/c1-12(13-5-3-2-4-6-13)15-9-10-27-18(15)19(21)23-20(26-27)22-17-11-16(24-25-17)14-7-8-14/h9-14H,2-8H2,1H3,(H4,21,22,23,24,25,26)/t12-/m0/s1. The highest BCUT2D eigenvalue weighted by atomic mass is 15.3. The van der Waals surface area contributed by atoms with Gasteiger partial charge in [-0.25, -0.2) is 4.52 Å². The monoisotopic (exact) mass is 365 g/mol. The molecule has 2 saturated carbocycles. The number of fused-ring (bicyclic) bond motifs is 1. The summed E-state index contributed by atoms with van der Waals surface area (Å²) in [6.45, 7) is 2.32. The van der Waals surface area contributed by atoms with Crippen LogP contribution in [0.15, 0.2) is 18.3 Å². The fourth-order valence-corrected chi connectivity index (χ4v) is 4.50. The van der Waals surface area contributed by atoms with Crippen LogP contribution in [0.5, 0.6) is 0 Å². The first kappa shape index (κ1) is 16.6. The molecular formula is C20H27N7. The summed E-state index contributed by atoms with van der Waals surface area (Å²) >= 11 is 0. The summed E-state index contributed by atoms with van der Waals surface area (Å²) in [6, 6.07) is 4.19. The van der Waals surface area contributed by atoms with Crippen molar-refractivity contribution in [2.45, 2.75) is 63.7 Å². The summed E-state index contributed by atoms with van der Waals surface area (Å²) in [6.07, 6.45) is 11.1. The van der Waals surface area contributed by atoms with Gasteiger partial charge in [0.25, 0.3) is 0 Å². The van der Waals surface area contributed by atoms with Crippen molar-refractivity contribution in [1.29, 1.82) is 0 Å². The van der Waals surface area contributed by atoms with Crippen molar-refractivity contribution in [3.05, 3.63) is 29.6 Å². The maximum Gasteiger partial charge on any atom is 0.248 e. The number of anilines is 3. The Hall–Kier alpha value is -2.57. The molecule has 27 heavy (non-hydrogen) atoms. The first-order chi connectivity index (χ1) is 13.2. The van der Waals surface area contributed by atoms with Crippen molar-refractivity contribution in [2.24, 2.45) is 5.92 Å². The molecule has 0 bridgehead atoms. The largest absolute Gasteiger partial charge is 0.382 e. The van der Waals surface area contributed by atoms with Crippen LogP contribution >= 0.6 is 0 Å². The number of rotatable bonds is 5. The zero-order chi connectivity index (χ0) is 18.4. The second-order valence-corrected chi connectivity index (χ2v) is 8.18. The lowest BCUT2D eigenvalue weighted by Gasteiger charge is -2.27. The number of nitrogen functional groups attached to an aromatic ring is 1. The number of nitrogens with zero attached hydrogens (tertiary/aromatic N) is 4. The van der Waals surface area contributed by atoms with E-state index in [1.807, 2.05) is 16.8 Å². The van der Waals surface area contributed by atoms with Crippen LogP contribution in [0.1, 0.15) is 75.0 Å². The second kappa shape index (κ2) is 6.55. The molecule has 3 aromatic heterocycles. The number of hydrogen-bond acceptors (Lipinski definition) is 5. The molecule has 0 aromatic carbocycles. The first-order valence-electron chi connectivity index (χ1n) is 10.2. The van der Waals surface area contributed by atoms with Crippen molar-refractivity contribution in [3.63, 3.8) is 0 Å². The van der Waals surface area contributed by atoms with Gasteiger partial charge in [0.05, 0.1) is 0 Å². The van der Waals surface area contributed by atoms with Crippen LogP contribution in [0, 0.1) is 5.92 Å². The topological polar surface area (TPSA) is 96.9 Å². The number of nitrogens with two attached hydrogens (primary N) is 1. The van der Waals surface area contributed by atoms with Crippen LogP contribution < -0.4 is 11.1 Å². The minimum atomic E-state index is 0.473. The van der Waals surface area contributed by atoms with Gasteiger partial charge in [0.2, 0.25) is 5.95 Å². The van der Waals surface area contributed by atoms with Gasteiger partial charge < -0.3 is 11.1 Å². The van der Waals surface area contributed by atoms with Gasteiger partial charge in [-0.05, 0) is 49.1 Å². The number of hydrogen-bond donors (Lipinski definition) is 3. The predicted octanol–water partition coefficient (Wildman–Crippen LogP) is 4.34. The third-order valence-electron chi connectivity index (χ3n) is 6.27. The van der Waals surface area contributed by atoms with Crippen molar-refractivity contribution in [2.75, 3.05) is 11.1 Å². The van der Waals surface area contributed by atoms with Crippen LogP contribution in [0.25, 0.3) is 5.52 Å². The van der Waals surface area contributed by atoms with Crippen molar-refractivity contribution < 1.29 is 0 Å². The summed E-state index contributed by atoms with van der Waals surface area (Å²) in [5.74, 6) is 3.57. The quantitative estimate of drug-likeness (QED) is 0.625. The van der Waals surface area contributed by atoms with E-state index in [0.717, 1.165) is 17.3 Å². The average Bonchev–Trinajstić information content (AvgIpc) is 3.28. The van der Waals surface area contributed by atoms with E-state index in [0.29, 0.717) is 23.6 Å². The Morgan fingerprint density at radius 3 is 2.81 bits per heavy atom. The van der Waals surface area contributed by atoms with Crippen molar-refractivity contribution >= 4 is 23.1 Å². The molecule has 142 valence electrons. The second-order valence-electron chi connectivity index (χ2n) is 8.18. The first-order valence-corrected chi connectivity index (χ1v) is 10.2. The Morgan fingerprint density at radius 2 is 2.04 bits per heavy atom. The van der Waals surface area contributed by atoms with E-state index in [9.17, 15) is 0 Å². The van der Waals surface area contributed by atoms with E-state index in [1.54, 1.807) is 0 Å². The van der Waals surface area contributed by atoms with E-state index in [4.69, 9.17) is 5.73 Å². The maximum absolute atomic E-state index is 6.35. The predicted molar refractivity (Wildman–Crippen MR) is 106 cm³/mol. The molecule has 2 fully saturated rings. The van der Waals surface area contributed by atoms with Crippen LogP contribution in [0.2, 0.25) is 0 Å². The smallest absolute Gasteiger partial charge is 0.248 e. The molecule has 0 amide bonds. The van der Waals surface area contributed by atoms with Gasteiger partial charge >= 0.3 is 0 Å². The van der Waals surface area contributed by atoms with Crippen molar-refractivity contribution in [3.8, 4) is 0 Å². The zero-order valence-corrected chi connectivity index (χ0v) is 15.8. The number of aromatic amines is 1. The molecule has 2 aliphatic rings. The molecular weight excluding hydrogens is 338 g/mol. The third kappa shape index (κ3) is 3.15. The molecule has 4 N–H and O–H groups in total. The highest BCUT2D eigenvalue weighted by Crippen LogP contribution is 2.40. The Kier molecular flexibility index (Phi) is 4.02. The Bertz CT molecular complexity index is 947. The lowest BCUT2D eigenvalue weighted by molar-refractivity contribution is 0.317. The molecule has 3 aromatic rings. The van der Waals surface area contributed by atoms with Crippen LogP contribution in [-0.2, 0) is 0 Å². The number of aromatic nitrogens is 5. The molecule has 0 radical (unpaired) electrons. The van der Waals surface area contributed by atoms with Gasteiger partial charge in [-0.3, -0.25) is 5.10 Å². The highest BCUT2D eigenvalue weighted by Gasteiger charge is 2.26. The molecule has 0 aliphatic heterocycles. The molecule has 0 spiro atoms. The summed E-state index contributed by atoms with van der Waals surface area (Å²) in [5.41, 5.74) is 9.73. The summed E-state index contributed by atoms with van der Waals surface area (Å²) in [4.78, 5) is 4.51. The van der Waals surface area contributed by atoms with Crippen LogP contribution in [0.3, 0.4) is 0 Å². The molecule has 3 heterocycles. The Balaban J connectivity index is 1.41. The molecule has 7 heteroatoms. The minimum absolute atomic E-state index is 0.473. The average molecular weight is 365 g/mol. The van der Waals surface area contributed by atoms with Gasteiger partial charge in [0, 0.05) is 23.9 Å². The summed E-state index contributed by atoms with van der Waals surface area (Å²) in [7, 11) is 0.